The molecule has 1 aromatic rings. The first kappa shape index (κ1) is 24.1. The first-order valence-electron chi connectivity index (χ1n) is 8.88. The minimum atomic E-state index is -4.87. The summed E-state index contributed by atoms with van der Waals surface area (Å²) < 4.78 is 58.8. The molecule has 30 heavy (non-hydrogen) atoms. The molecular formula is C18H22BrF3N2O6. The molecule has 0 unspecified atom stereocenters. The highest BCUT2D eigenvalue weighted by molar-refractivity contribution is 9.10. The third kappa shape index (κ3) is 5.48. The number of alkyl halides is 3. The normalized spacial score (nSPS) is 15.0. The average Bonchev–Trinajstić information content (AvgIpc) is 2.72. The summed E-state index contributed by atoms with van der Waals surface area (Å²) in [6, 6.07) is 1.45. The van der Waals surface area contributed by atoms with Crippen LogP contribution in [0.2, 0.25) is 0 Å². The highest BCUT2D eigenvalue weighted by atomic mass is 79.9. The van der Waals surface area contributed by atoms with E-state index in [4.69, 9.17) is 18.9 Å². The van der Waals surface area contributed by atoms with Crippen molar-refractivity contribution < 1.29 is 41.7 Å². The van der Waals surface area contributed by atoms with Crippen molar-refractivity contribution in [1.82, 2.24) is 9.80 Å². The van der Waals surface area contributed by atoms with Crippen LogP contribution in [0.25, 0.3) is 0 Å². The minimum Gasteiger partial charge on any atom is -0.493 e. The van der Waals surface area contributed by atoms with E-state index in [1.54, 1.807) is 0 Å². The van der Waals surface area contributed by atoms with E-state index in [1.807, 2.05) is 4.90 Å². The van der Waals surface area contributed by atoms with Gasteiger partial charge in [-0.2, -0.15) is 13.2 Å². The van der Waals surface area contributed by atoms with Crippen LogP contribution in [-0.4, -0.2) is 88.5 Å². The largest absolute Gasteiger partial charge is 0.493 e. The lowest BCUT2D eigenvalue weighted by molar-refractivity contribution is -0.187. The topological polar surface area (TPSA) is 77.5 Å². The molecule has 12 heteroatoms. The maximum Gasteiger partial charge on any atom is 0.471 e. The monoisotopic (exact) mass is 498 g/mol. The summed E-state index contributed by atoms with van der Waals surface area (Å²) in [5.74, 6) is -1.59. The molecule has 0 spiro atoms. The summed E-state index contributed by atoms with van der Waals surface area (Å²) in [7, 11) is 4.27. The molecule has 1 aliphatic heterocycles. The van der Waals surface area contributed by atoms with Crippen LogP contribution in [0.3, 0.4) is 0 Å². The second-order valence-electron chi connectivity index (χ2n) is 6.27. The van der Waals surface area contributed by atoms with Gasteiger partial charge in [0.05, 0.1) is 31.4 Å². The van der Waals surface area contributed by atoms with Crippen molar-refractivity contribution in [2.75, 3.05) is 60.7 Å². The molecule has 1 aromatic carbocycles. The standard InChI is InChI=1S/C18H22BrF3N2O6/c1-27-12-10-11(13(19)15(29-3)14(12)28-2)16(25)30-9-8-23-4-6-24(7-5-23)17(26)18(20,21)22/h10H,4-9H2,1-3H3. The van der Waals surface area contributed by atoms with Gasteiger partial charge in [-0.15, -0.1) is 0 Å². The molecule has 168 valence electrons. The Morgan fingerprint density at radius 2 is 1.63 bits per heavy atom. The van der Waals surface area contributed by atoms with E-state index in [0.717, 1.165) is 4.90 Å². The molecule has 8 nitrogen and oxygen atoms in total. The zero-order valence-corrected chi connectivity index (χ0v) is 18.3. The zero-order valence-electron chi connectivity index (χ0n) is 16.7. The fraction of sp³-hybridized carbons (Fsp3) is 0.556. The average molecular weight is 499 g/mol. The number of hydrogen-bond donors (Lipinski definition) is 0. The molecule has 1 amide bonds. The Kier molecular flexibility index (Phi) is 8.18. The van der Waals surface area contributed by atoms with Crippen LogP contribution in [0.4, 0.5) is 13.2 Å². The molecule has 0 aromatic heterocycles. The van der Waals surface area contributed by atoms with Gasteiger partial charge in [-0.1, -0.05) is 0 Å². The minimum absolute atomic E-state index is 0.0230. The summed E-state index contributed by atoms with van der Waals surface area (Å²) in [5.41, 5.74) is 0.171. The molecule has 1 saturated heterocycles. The Morgan fingerprint density at radius 3 is 2.13 bits per heavy atom. The van der Waals surface area contributed by atoms with Gasteiger partial charge >= 0.3 is 18.1 Å². The van der Waals surface area contributed by atoms with Crippen LogP contribution < -0.4 is 14.2 Å². The van der Waals surface area contributed by atoms with E-state index < -0.39 is 18.1 Å². The molecule has 0 radical (unpaired) electrons. The SMILES string of the molecule is COc1cc(C(=O)OCCN2CCN(C(=O)C(F)(F)F)CC2)c(Br)c(OC)c1OC. The number of halogens is 4. The van der Waals surface area contributed by atoms with Gasteiger partial charge in [-0.05, 0) is 22.0 Å². The first-order chi connectivity index (χ1) is 14.1. The van der Waals surface area contributed by atoms with Crippen molar-refractivity contribution in [3.63, 3.8) is 0 Å². The van der Waals surface area contributed by atoms with Crippen molar-refractivity contribution in [2.45, 2.75) is 6.18 Å². The number of carbonyl (C=O) groups is 2. The van der Waals surface area contributed by atoms with E-state index >= 15 is 0 Å². The number of methoxy groups -OCH3 is 3. The summed E-state index contributed by atoms with van der Waals surface area (Å²) in [4.78, 5) is 26.3. The lowest BCUT2D eigenvalue weighted by atomic mass is 10.2. The van der Waals surface area contributed by atoms with Gasteiger partial charge in [0, 0.05) is 32.7 Å². The first-order valence-corrected chi connectivity index (χ1v) is 9.67. The Bertz CT molecular complexity index is 782. The summed E-state index contributed by atoms with van der Waals surface area (Å²) in [6.07, 6.45) is -4.87. The van der Waals surface area contributed by atoms with E-state index in [0.29, 0.717) is 16.8 Å². The lowest BCUT2D eigenvalue weighted by Gasteiger charge is -2.34. The van der Waals surface area contributed by atoms with Gasteiger partial charge in [0.2, 0.25) is 5.75 Å². The van der Waals surface area contributed by atoms with Gasteiger partial charge < -0.3 is 23.8 Å². The number of piperazine rings is 1. The number of amides is 1. The van der Waals surface area contributed by atoms with Gasteiger partial charge in [-0.25, -0.2) is 4.79 Å². The molecular weight excluding hydrogens is 477 g/mol. The highest BCUT2D eigenvalue weighted by Crippen LogP contribution is 2.44. The van der Waals surface area contributed by atoms with Crippen LogP contribution in [-0.2, 0) is 9.53 Å². The van der Waals surface area contributed by atoms with Crippen LogP contribution in [0.5, 0.6) is 17.2 Å². The van der Waals surface area contributed by atoms with Crippen molar-refractivity contribution in [3.05, 3.63) is 16.1 Å². The molecule has 1 aliphatic rings. The Balaban J connectivity index is 1.92. The number of nitrogens with zero attached hydrogens (tertiary/aromatic N) is 2. The molecule has 1 fully saturated rings. The van der Waals surface area contributed by atoms with Crippen LogP contribution >= 0.6 is 15.9 Å². The van der Waals surface area contributed by atoms with Gasteiger partial charge in [-0.3, -0.25) is 9.69 Å². The van der Waals surface area contributed by atoms with Crippen molar-refractivity contribution in [2.24, 2.45) is 0 Å². The third-order valence-corrected chi connectivity index (χ3v) is 5.32. The van der Waals surface area contributed by atoms with Gasteiger partial charge in [0.15, 0.2) is 11.5 Å². The van der Waals surface area contributed by atoms with Crippen molar-refractivity contribution in [3.8, 4) is 17.2 Å². The van der Waals surface area contributed by atoms with Crippen molar-refractivity contribution in [1.29, 1.82) is 0 Å². The number of ether oxygens (including phenoxy) is 4. The second-order valence-corrected chi connectivity index (χ2v) is 7.07. The van der Waals surface area contributed by atoms with E-state index in [1.165, 1.54) is 27.4 Å². The Labute approximate surface area is 179 Å². The summed E-state index contributed by atoms with van der Waals surface area (Å²) in [5, 5.41) is 0. The van der Waals surface area contributed by atoms with Crippen LogP contribution in [0.1, 0.15) is 10.4 Å². The molecule has 0 N–H and O–H groups in total. The molecule has 0 bridgehead atoms. The van der Waals surface area contributed by atoms with Crippen LogP contribution in [0.15, 0.2) is 10.5 Å². The fourth-order valence-corrected chi connectivity index (χ4v) is 3.59. The van der Waals surface area contributed by atoms with Gasteiger partial charge in [0.1, 0.15) is 6.61 Å². The molecule has 0 atom stereocenters. The summed E-state index contributed by atoms with van der Waals surface area (Å²) >= 11 is 3.30. The predicted octanol–water partition coefficient (Wildman–Crippen LogP) is 2.34. The number of hydrogen-bond acceptors (Lipinski definition) is 7. The predicted molar refractivity (Wildman–Crippen MR) is 103 cm³/mol. The molecule has 2 rings (SSSR count). The Hall–Kier alpha value is -2.21. The second kappa shape index (κ2) is 10.2. The third-order valence-electron chi connectivity index (χ3n) is 4.53. The number of esters is 1. The van der Waals surface area contributed by atoms with E-state index in [9.17, 15) is 22.8 Å². The maximum atomic E-state index is 12.5. The number of benzene rings is 1. The summed E-state index contributed by atoms with van der Waals surface area (Å²) in [6.45, 7) is 0.785. The molecule has 1 heterocycles. The smallest absolute Gasteiger partial charge is 0.471 e. The lowest BCUT2D eigenvalue weighted by Crippen LogP contribution is -2.52. The van der Waals surface area contributed by atoms with E-state index in [-0.39, 0.29) is 49.8 Å². The van der Waals surface area contributed by atoms with Crippen LogP contribution in [0, 0.1) is 0 Å². The fourth-order valence-electron chi connectivity index (χ4n) is 2.97. The quantitative estimate of drug-likeness (QED) is 0.534. The molecule has 0 aliphatic carbocycles. The van der Waals surface area contributed by atoms with E-state index in [2.05, 4.69) is 15.9 Å². The number of rotatable bonds is 7. The highest BCUT2D eigenvalue weighted by Gasteiger charge is 2.43. The van der Waals surface area contributed by atoms with Crippen molar-refractivity contribution >= 4 is 27.8 Å². The maximum absolute atomic E-state index is 12.5. The molecule has 0 saturated carbocycles. The zero-order chi connectivity index (χ0) is 22.5. The number of carbonyl (C=O) groups excluding carboxylic acids is 2. The Morgan fingerprint density at radius 1 is 1.03 bits per heavy atom. The van der Waals surface area contributed by atoms with Gasteiger partial charge in [0.25, 0.3) is 0 Å².